The zero-order chi connectivity index (χ0) is 11.2. The lowest BCUT2D eigenvalue weighted by atomic mass is 9.57. The molecule has 3 atom stereocenters. The molecular weight excluding hydrogens is 202 g/mol. The fraction of sp³-hybridized carbons (Fsp3) is 0.462. The van der Waals surface area contributed by atoms with E-state index in [0.29, 0.717) is 6.04 Å². The number of carbonyl (C=O) groups is 1. The van der Waals surface area contributed by atoms with Crippen molar-refractivity contribution < 1.29 is 9.53 Å². The number of hydrogen-bond donors (Lipinski definition) is 1. The van der Waals surface area contributed by atoms with Crippen LogP contribution in [0.2, 0.25) is 0 Å². The second-order valence-electron chi connectivity index (χ2n) is 4.71. The minimum absolute atomic E-state index is 0.0000926. The summed E-state index contributed by atoms with van der Waals surface area (Å²) in [5.41, 5.74) is 1.24. The van der Waals surface area contributed by atoms with Gasteiger partial charge in [0.1, 0.15) is 0 Å². The van der Waals surface area contributed by atoms with Crippen LogP contribution in [-0.4, -0.2) is 25.7 Å². The van der Waals surface area contributed by atoms with Gasteiger partial charge in [-0.25, -0.2) is 0 Å². The summed E-state index contributed by atoms with van der Waals surface area (Å²) in [5, 5.41) is 3.40. The number of carbonyl (C=O) groups excluding carboxylic acids is 1. The minimum Gasteiger partial charge on any atom is -0.469 e. The van der Waals surface area contributed by atoms with E-state index in [2.05, 4.69) is 17.4 Å². The van der Waals surface area contributed by atoms with E-state index in [1.54, 1.807) is 0 Å². The first-order valence-electron chi connectivity index (χ1n) is 5.65. The third-order valence-electron chi connectivity index (χ3n) is 4.07. The topological polar surface area (TPSA) is 38.3 Å². The molecule has 2 heterocycles. The maximum absolute atomic E-state index is 11.8. The molecule has 1 aliphatic carbocycles. The third-order valence-corrected chi connectivity index (χ3v) is 4.07. The van der Waals surface area contributed by atoms with E-state index < -0.39 is 0 Å². The van der Waals surface area contributed by atoms with Crippen LogP contribution in [0.25, 0.3) is 0 Å². The fourth-order valence-electron chi connectivity index (χ4n) is 3.23. The first kappa shape index (κ1) is 9.85. The van der Waals surface area contributed by atoms with Gasteiger partial charge in [0, 0.05) is 18.0 Å². The van der Waals surface area contributed by atoms with Gasteiger partial charge in [-0.05, 0) is 12.0 Å². The van der Waals surface area contributed by atoms with Crippen molar-refractivity contribution in [3.63, 3.8) is 0 Å². The summed E-state index contributed by atoms with van der Waals surface area (Å²) in [5.74, 6) is -0.0787. The standard InChI is InChI=1S/C13H15NO2/c1-16-12(15)11-10-7-13(11,8-14-10)9-5-3-2-4-6-9/h2-6,10-11,14H,7-8H2,1H3. The van der Waals surface area contributed by atoms with Crippen molar-refractivity contribution >= 4 is 5.97 Å². The Balaban J connectivity index is 1.97. The monoisotopic (exact) mass is 217 g/mol. The van der Waals surface area contributed by atoms with Crippen molar-refractivity contribution in [3.05, 3.63) is 35.9 Å². The van der Waals surface area contributed by atoms with Crippen molar-refractivity contribution in [2.45, 2.75) is 17.9 Å². The van der Waals surface area contributed by atoms with Crippen molar-refractivity contribution in [1.29, 1.82) is 0 Å². The molecule has 3 aliphatic rings. The van der Waals surface area contributed by atoms with Gasteiger partial charge in [-0.15, -0.1) is 0 Å². The number of ether oxygens (including phenoxy) is 1. The SMILES string of the molecule is COC(=O)C1C2CC1(c1ccccc1)CN2. The number of fused-ring (bicyclic) bond motifs is 1. The number of hydrogen-bond acceptors (Lipinski definition) is 3. The molecule has 16 heavy (non-hydrogen) atoms. The van der Waals surface area contributed by atoms with Crippen molar-refractivity contribution in [1.82, 2.24) is 5.32 Å². The average Bonchev–Trinajstić information content (AvgIpc) is 2.89. The molecule has 2 aliphatic heterocycles. The van der Waals surface area contributed by atoms with Gasteiger partial charge in [0.25, 0.3) is 0 Å². The van der Waals surface area contributed by atoms with Crippen LogP contribution < -0.4 is 5.32 Å². The summed E-state index contributed by atoms with van der Waals surface area (Å²) in [6, 6.07) is 10.6. The molecule has 0 amide bonds. The van der Waals surface area contributed by atoms with Crippen molar-refractivity contribution in [2.24, 2.45) is 5.92 Å². The minimum atomic E-state index is -0.0786. The smallest absolute Gasteiger partial charge is 0.311 e. The maximum Gasteiger partial charge on any atom is 0.311 e. The summed E-state index contributed by atoms with van der Waals surface area (Å²) >= 11 is 0. The summed E-state index contributed by atoms with van der Waals surface area (Å²) in [6.45, 7) is 0.890. The molecule has 3 nitrogen and oxygen atoms in total. The number of methoxy groups -OCH3 is 1. The fourth-order valence-corrected chi connectivity index (χ4v) is 3.23. The highest BCUT2D eigenvalue weighted by Crippen LogP contribution is 2.53. The van der Waals surface area contributed by atoms with Gasteiger partial charge in [-0.2, -0.15) is 0 Å². The second kappa shape index (κ2) is 3.32. The van der Waals surface area contributed by atoms with E-state index in [1.165, 1.54) is 12.7 Å². The molecule has 0 spiro atoms. The van der Waals surface area contributed by atoms with Crippen LogP contribution >= 0.6 is 0 Å². The maximum atomic E-state index is 11.8. The summed E-state index contributed by atoms with van der Waals surface area (Å²) in [6.07, 6.45) is 1.05. The highest BCUT2D eigenvalue weighted by Gasteiger charge is 2.63. The lowest BCUT2D eigenvalue weighted by Gasteiger charge is -2.44. The Hall–Kier alpha value is -1.35. The number of esters is 1. The number of rotatable bonds is 2. The molecular formula is C13H15NO2. The number of nitrogens with one attached hydrogen (secondary N) is 1. The highest BCUT2D eigenvalue weighted by molar-refractivity contribution is 5.78. The lowest BCUT2D eigenvalue weighted by Crippen LogP contribution is -2.53. The van der Waals surface area contributed by atoms with Gasteiger partial charge in [0.05, 0.1) is 13.0 Å². The molecule has 2 saturated heterocycles. The summed E-state index contributed by atoms with van der Waals surface area (Å²) in [7, 11) is 1.47. The number of benzene rings is 1. The van der Waals surface area contributed by atoms with E-state index in [4.69, 9.17) is 4.74 Å². The zero-order valence-electron chi connectivity index (χ0n) is 9.27. The van der Waals surface area contributed by atoms with Gasteiger partial charge in [-0.1, -0.05) is 30.3 Å². The zero-order valence-corrected chi connectivity index (χ0v) is 9.27. The Morgan fingerprint density at radius 1 is 1.44 bits per heavy atom. The molecule has 1 aromatic carbocycles. The van der Waals surface area contributed by atoms with Gasteiger partial charge >= 0.3 is 5.97 Å². The molecule has 3 heteroatoms. The largest absolute Gasteiger partial charge is 0.469 e. The van der Waals surface area contributed by atoms with Crippen LogP contribution in [0.3, 0.4) is 0 Å². The van der Waals surface area contributed by atoms with E-state index in [0.717, 1.165) is 13.0 Å². The molecule has 1 aromatic rings. The van der Waals surface area contributed by atoms with E-state index in [9.17, 15) is 4.79 Å². The molecule has 3 unspecified atom stereocenters. The van der Waals surface area contributed by atoms with Crippen LogP contribution in [0.5, 0.6) is 0 Å². The quantitative estimate of drug-likeness (QED) is 0.754. The van der Waals surface area contributed by atoms with Gasteiger partial charge in [0.2, 0.25) is 0 Å². The van der Waals surface area contributed by atoms with Crippen molar-refractivity contribution in [2.75, 3.05) is 13.7 Å². The van der Waals surface area contributed by atoms with Gasteiger partial charge < -0.3 is 10.1 Å². The molecule has 2 bridgehead atoms. The van der Waals surface area contributed by atoms with E-state index in [-0.39, 0.29) is 17.3 Å². The predicted molar refractivity (Wildman–Crippen MR) is 60.0 cm³/mol. The third kappa shape index (κ3) is 1.09. The van der Waals surface area contributed by atoms with Crippen LogP contribution in [-0.2, 0) is 14.9 Å². The van der Waals surface area contributed by atoms with Crippen LogP contribution in [0.4, 0.5) is 0 Å². The Morgan fingerprint density at radius 2 is 2.19 bits per heavy atom. The average molecular weight is 217 g/mol. The Labute approximate surface area is 94.8 Å². The van der Waals surface area contributed by atoms with Crippen LogP contribution in [0, 0.1) is 5.92 Å². The molecule has 3 fully saturated rings. The Bertz CT molecular complexity index is 413. The summed E-state index contributed by atoms with van der Waals surface area (Å²) in [4.78, 5) is 11.8. The molecule has 1 saturated carbocycles. The lowest BCUT2D eigenvalue weighted by molar-refractivity contribution is -0.151. The highest BCUT2D eigenvalue weighted by atomic mass is 16.5. The van der Waals surface area contributed by atoms with Crippen LogP contribution in [0.1, 0.15) is 12.0 Å². The first-order chi connectivity index (χ1) is 7.78. The van der Waals surface area contributed by atoms with Gasteiger partial charge in [-0.3, -0.25) is 4.79 Å². The Kier molecular flexibility index (Phi) is 2.04. The molecule has 0 radical (unpaired) electrons. The normalized spacial score (nSPS) is 35.6. The molecule has 84 valence electrons. The first-order valence-corrected chi connectivity index (χ1v) is 5.65. The summed E-state index contributed by atoms with van der Waals surface area (Å²) < 4.78 is 4.90. The van der Waals surface area contributed by atoms with Gasteiger partial charge in [0.15, 0.2) is 0 Å². The van der Waals surface area contributed by atoms with Crippen molar-refractivity contribution in [3.8, 4) is 0 Å². The molecule has 1 N–H and O–H groups in total. The second-order valence-corrected chi connectivity index (χ2v) is 4.71. The van der Waals surface area contributed by atoms with E-state index in [1.807, 2.05) is 18.2 Å². The van der Waals surface area contributed by atoms with E-state index >= 15 is 0 Å². The Morgan fingerprint density at radius 3 is 2.81 bits per heavy atom. The molecule has 0 aromatic heterocycles. The van der Waals surface area contributed by atoms with Crippen LogP contribution in [0.15, 0.2) is 30.3 Å². The molecule has 4 rings (SSSR count). The predicted octanol–water partition coefficient (Wildman–Crippen LogP) is 1.09.